The highest BCUT2D eigenvalue weighted by Gasteiger charge is 2.14. The standard InChI is InChI=1S/C9H11FN4/c10-7-2-1-3-14(6-7)9-5-12-4-8(11)13-9/h2,4-5H,1,3,6H2,(H2,11,13). The van der Waals surface area contributed by atoms with E-state index in [1.54, 1.807) is 12.3 Å². The van der Waals surface area contributed by atoms with Gasteiger partial charge in [-0.05, 0) is 12.5 Å². The summed E-state index contributed by atoms with van der Waals surface area (Å²) in [6, 6.07) is 0. The third-order valence-electron chi connectivity index (χ3n) is 2.07. The van der Waals surface area contributed by atoms with E-state index in [1.165, 1.54) is 6.20 Å². The fraction of sp³-hybridized carbons (Fsp3) is 0.333. The first kappa shape index (κ1) is 8.93. The molecular formula is C9H11FN4. The van der Waals surface area contributed by atoms with Gasteiger partial charge in [-0.2, -0.15) is 0 Å². The van der Waals surface area contributed by atoms with E-state index in [1.807, 2.05) is 4.90 Å². The Morgan fingerprint density at radius 3 is 3.00 bits per heavy atom. The smallest absolute Gasteiger partial charge is 0.149 e. The minimum atomic E-state index is -0.125. The fourth-order valence-corrected chi connectivity index (χ4v) is 1.42. The van der Waals surface area contributed by atoms with E-state index < -0.39 is 0 Å². The second kappa shape index (κ2) is 3.61. The van der Waals surface area contributed by atoms with Crippen LogP contribution in [0.25, 0.3) is 0 Å². The lowest BCUT2D eigenvalue weighted by atomic mass is 10.2. The van der Waals surface area contributed by atoms with Gasteiger partial charge < -0.3 is 10.6 Å². The van der Waals surface area contributed by atoms with Crippen LogP contribution < -0.4 is 10.6 Å². The molecule has 2 N–H and O–H groups in total. The molecular weight excluding hydrogens is 183 g/mol. The van der Waals surface area contributed by atoms with E-state index in [2.05, 4.69) is 9.97 Å². The minimum Gasteiger partial charge on any atom is -0.382 e. The molecule has 1 aliphatic heterocycles. The van der Waals surface area contributed by atoms with Crippen LogP contribution in [-0.4, -0.2) is 23.1 Å². The van der Waals surface area contributed by atoms with Crippen LogP contribution in [0.5, 0.6) is 0 Å². The van der Waals surface area contributed by atoms with E-state index in [0.717, 1.165) is 6.54 Å². The Bertz CT molecular complexity index is 364. The van der Waals surface area contributed by atoms with Gasteiger partial charge in [0.15, 0.2) is 0 Å². The number of nitrogen functional groups attached to an aromatic ring is 1. The zero-order valence-corrected chi connectivity index (χ0v) is 7.65. The monoisotopic (exact) mass is 194 g/mol. The summed E-state index contributed by atoms with van der Waals surface area (Å²) in [4.78, 5) is 9.81. The first-order valence-corrected chi connectivity index (χ1v) is 4.43. The molecule has 0 bridgehead atoms. The third kappa shape index (κ3) is 1.81. The summed E-state index contributed by atoms with van der Waals surface area (Å²) in [6.07, 6.45) is 5.35. The SMILES string of the molecule is Nc1cncc(N2CCC=C(F)C2)n1. The predicted octanol–water partition coefficient (Wildman–Crippen LogP) is 1.12. The highest BCUT2D eigenvalue weighted by Crippen LogP contribution is 2.17. The molecule has 1 aromatic heterocycles. The Morgan fingerprint density at radius 1 is 1.43 bits per heavy atom. The van der Waals surface area contributed by atoms with E-state index in [9.17, 15) is 4.39 Å². The number of rotatable bonds is 1. The van der Waals surface area contributed by atoms with Crippen molar-refractivity contribution in [1.82, 2.24) is 9.97 Å². The quantitative estimate of drug-likeness (QED) is 0.728. The van der Waals surface area contributed by atoms with Crippen molar-refractivity contribution in [1.29, 1.82) is 0 Å². The lowest BCUT2D eigenvalue weighted by Crippen LogP contribution is -2.29. The van der Waals surface area contributed by atoms with Crippen LogP contribution in [0, 0.1) is 0 Å². The van der Waals surface area contributed by atoms with Gasteiger partial charge in [0.2, 0.25) is 0 Å². The summed E-state index contributed by atoms with van der Waals surface area (Å²) < 4.78 is 13.0. The van der Waals surface area contributed by atoms with E-state index in [0.29, 0.717) is 18.1 Å². The first-order chi connectivity index (χ1) is 6.75. The van der Waals surface area contributed by atoms with Crippen LogP contribution in [0.1, 0.15) is 6.42 Å². The number of aromatic nitrogens is 2. The second-order valence-corrected chi connectivity index (χ2v) is 3.16. The highest BCUT2D eigenvalue weighted by molar-refractivity contribution is 5.43. The predicted molar refractivity (Wildman–Crippen MR) is 52.5 cm³/mol. The zero-order chi connectivity index (χ0) is 9.97. The van der Waals surface area contributed by atoms with Crippen LogP contribution in [0.2, 0.25) is 0 Å². The van der Waals surface area contributed by atoms with Crippen LogP contribution in [0.3, 0.4) is 0 Å². The Kier molecular flexibility index (Phi) is 2.30. The molecule has 0 fully saturated rings. The second-order valence-electron chi connectivity index (χ2n) is 3.16. The van der Waals surface area contributed by atoms with Crippen molar-refractivity contribution in [2.24, 2.45) is 0 Å². The third-order valence-corrected chi connectivity index (χ3v) is 2.07. The van der Waals surface area contributed by atoms with Crippen molar-refractivity contribution in [3.63, 3.8) is 0 Å². The van der Waals surface area contributed by atoms with Gasteiger partial charge >= 0.3 is 0 Å². The van der Waals surface area contributed by atoms with Gasteiger partial charge in [0.05, 0.1) is 18.9 Å². The number of hydrogen-bond acceptors (Lipinski definition) is 4. The molecule has 4 nitrogen and oxygen atoms in total. The molecule has 1 aromatic rings. The van der Waals surface area contributed by atoms with Crippen molar-refractivity contribution in [3.05, 3.63) is 24.3 Å². The first-order valence-electron chi connectivity index (χ1n) is 4.43. The number of nitrogens with two attached hydrogens (primary N) is 1. The molecule has 5 heteroatoms. The molecule has 0 aromatic carbocycles. The average molecular weight is 194 g/mol. The maximum absolute atomic E-state index is 13.0. The van der Waals surface area contributed by atoms with Gasteiger partial charge in [-0.25, -0.2) is 9.37 Å². The molecule has 0 saturated carbocycles. The molecule has 0 amide bonds. The highest BCUT2D eigenvalue weighted by atomic mass is 19.1. The minimum absolute atomic E-state index is 0.125. The van der Waals surface area contributed by atoms with Crippen molar-refractivity contribution < 1.29 is 4.39 Å². The van der Waals surface area contributed by atoms with Gasteiger partial charge in [-0.3, -0.25) is 4.98 Å². The van der Waals surface area contributed by atoms with Crippen LogP contribution in [0.15, 0.2) is 24.3 Å². The topological polar surface area (TPSA) is 55.0 Å². The fourth-order valence-electron chi connectivity index (χ4n) is 1.42. The molecule has 0 unspecified atom stereocenters. The summed E-state index contributed by atoms with van der Waals surface area (Å²) in [7, 11) is 0. The van der Waals surface area contributed by atoms with Crippen molar-refractivity contribution >= 4 is 11.6 Å². The van der Waals surface area contributed by atoms with Gasteiger partial charge in [0, 0.05) is 6.54 Å². The largest absolute Gasteiger partial charge is 0.382 e. The van der Waals surface area contributed by atoms with Crippen LogP contribution in [-0.2, 0) is 0 Å². The summed E-state index contributed by atoms with van der Waals surface area (Å²) in [5, 5.41) is 0. The molecule has 2 rings (SSSR count). The van der Waals surface area contributed by atoms with Crippen molar-refractivity contribution in [3.8, 4) is 0 Å². The number of anilines is 2. The average Bonchev–Trinajstić information content (AvgIpc) is 2.18. The molecule has 0 spiro atoms. The Morgan fingerprint density at radius 2 is 2.29 bits per heavy atom. The van der Waals surface area contributed by atoms with Crippen LogP contribution >= 0.6 is 0 Å². The zero-order valence-electron chi connectivity index (χ0n) is 7.65. The van der Waals surface area contributed by atoms with Gasteiger partial charge in [0.25, 0.3) is 0 Å². The molecule has 0 saturated heterocycles. The lowest BCUT2D eigenvalue weighted by Gasteiger charge is -2.25. The molecule has 1 aliphatic rings. The molecule has 74 valence electrons. The Labute approximate surface area is 81.3 Å². The summed E-state index contributed by atoms with van der Waals surface area (Å²) in [6.45, 7) is 1.02. The Hall–Kier alpha value is -1.65. The number of halogens is 1. The van der Waals surface area contributed by atoms with Crippen molar-refractivity contribution in [2.45, 2.75) is 6.42 Å². The molecule has 14 heavy (non-hydrogen) atoms. The van der Waals surface area contributed by atoms with Crippen molar-refractivity contribution in [2.75, 3.05) is 23.7 Å². The van der Waals surface area contributed by atoms with E-state index in [-0.39, 0.29) is 12.4 Å². The maximum atomic E-state index is 13.0. The van der Waals surface area contributed by atoms with Gasteiger partial charge in [0.1, 0.15) is 17.5 Å². The summed E-state index contributed by atoms with van der Waals surface area (Å²) >= 11 is 0. The summed E-state index contributed by atoms with van der Waals surface area (Å²) in [5.41, 5.74) is 5.49. The number of nitrogens with zero attached hydrogens (tertiary/aromatic N) is 3. The molecule has 0 radical (unpaired) electrons. The normalized spacial score (nSPS) is 16.6. The van der Waals surface area contributed by atoms with E-state index >= 15 is 0 Å². The van der Waals surface area contributed by atoms with Gasteiger partial charge in [-0.15, -0.1) is 0 Å². The Balaban J connectivity index is 2.19. The maximum Gasteiger partial charge on any atom is 0.149 e. The lowest BCUT2D eigenvalue weighted by molar-refractivity contribution is 0.572. The number of hydrogen-bond donors (Lipinski definition) is 1. The van der Waals surface area contributed by atoms with E-state index in [4.69, 9.17) is 5.73 Å². The molecule has 2 heterocycles. The van der Waals surface area contributed by atoms with Gasteiger partial charge in [-0.1, -0.05) is 0 Å². The van der Waals surface area contributed by atoms with Crippen LogP contribution in [0.4, 0.5) is 16.0 Å². The molecule has 0 aliphatic carbocycles. The summed E-state index contributed by atoms with van der Waals surface area (Å²) in [5.74, 6) is 0.867. The molecule has 0 atom stereocenters.